The van der Waals surface area contributed by atoms with E-state index >= 15 is 0 Å². The summed E-state index contributed by atoms with van der Waals surface area (Å²) in [6.07, 6.45) is 2.99. The summed E-state index contributed by atoms with van der Waals surface area (Å²) in [4.78, 5) is 25.2. The van der Waals surface area contributed by atoms with Gasteiger partial charge in [-0.05, 0) is 50.4 Å². The second-order valence-electron chi connectivity index (χ2n) is 6.65. The van der Waals surface area contributed by atoms with E-state index in [1.54, 1.807) is 17.0 Å². The van der Waals surface area contributed by atoms with Gasteiger partial charge < -0.3 is 10.4 Å². The molecule has 1 aromatic rings. The molecule has 0 saturated carbocycles. The lowest BCUT2D eigenvalue weighted by molar-refractivity contribution is -0.142. The average molecular weight is 418 g/mol. The first-order valence-electron chi connectivity index (χ1n) is 8.75. The second-order valence-corrected chi connectivity index (χ2v) is 8.59. The Labute approximate surface area is 165 Å². The van der Waals surface area contributed by atoms with E-state index in [-0.39, 0.29) is 29.8 Å². The molecule has 8 nitrogen and oxygen atoms in total. The minimum atomic E-state index is -3.55. The minimum absolute atomic E-state index is 0. The third-order valence-electron chi connectivity index (χ3n) is 4.82. The van der Waals surface area contributed by atoms with Crippen molar-refractivity contribution in [3.8, 4) is 0 Å². The van der Waals surface area contributed by atoms with Gasteiger partial charge in [-0.3, -0.25) is 14.5 Å². The number of nitrogens with one attached hydrogen (secondary N) is 1. The Hall–Kier alpha value is -1.68. The zero-order valence-electron chi connectivity index (χ0n) is 14.8. The summed E-state index contributed by atoms with van der Waals surface area (Å²) >= 11 is 0. The predicted octanol–water partition coefficient (Wildman–Crippen LogP) is 1.38. The van der Waals surface area contributed by atoms with E-state index in [9.17, 15) is 23.1 Å². The second kappa shape index (κ2) is 9.01. The van der Waals surface area contributed by atoms with Crippen molar-refractivity contribution in [2.45, 2.75) is 36.6 Å². The van der Waals surface area contributed by atoms with Crippen molar-refractivity contribution in [3.05, 3.63) is 24.3 Å². The van der Waals surface area contributed by atoms with Crippen LogP contribution in [0, 0.1) is 0 Å². The number of amides is 1. The molecular formula is C17H24ClN3O5S. The van der Waals surface area contributed by atoms with Gasteiger partial charge in [-0.25, -0.2) is 8.42 Å². The maximum absolute atomic E-state index is 12.6. The van der Waals surface area contributed by atoms with Crippen molar-refractivity contribution in [2.75, 3.05) is 31.5 Å². The number of halogens is 1. The molecular weight excluding hydrogens is 394 g/mol. The fourth-order valence-corrected chi connectivity index (χ4v) is 5.06. The number of hydrogen-bond donors (Lipinski definition) is 2. The lowest BCUT2D eigenvalue weighted by atomic mass is 10.2. The molecule has 150 valence electrons. The summed E-state index contributed by atoms with van der Waals surface area (Å²) in [6.45, 7) is 1.57. The number of carbonyl (C=O) groups excluding carboxylic acids is 1. The van der Waals surface area contributed by atoms with Crippen molar-refractivity contribution < 1.29 is 23.1 Å². The molecule has 1 amide bonds. The summed E-state index contributed by atoms with van der Waals surface area (Å²) in [6, 6.07) is 5.55. The normalized spacial score (nSPS) is 21.0. The average Bonchev–Trinajstić information content (AvgIpc) is 3.26. The van der Waals surface area contributed by atoms with Crippen LogP contribution in [0.3, 0.4) is 0 Å². The van der Waals surface area contributed by atoms with E-state index in [1.165, 1.54) is 16.4 Å². The lowest BCUT2D eigenvalue weighted by Gasteiger charge is -2.20. The van der Waals surface area contributed by atoms with Crippen LogP contribution in [0.2, 0.25) is 0 Å². The smallest absolute Gasteiger partial charge is 0.320 e. The molecule has 0 spiro atoms. The first-order chi connectivity index (χ1) is 12.4. The Balaban J connectivity index is 0.00000261. The summed E-state index contributed by atoms with van der Waals surface area (Å²) in [5, 5.41) is 11.8. The molecule has 2 aliphatic rings. The molecule has 27 heavy (non-hydrogen) atoms. The number of rotatable bonds is 6. The van der Waals surface area contributed by atoms with Crippen LogP contribution < -0.4 is 5.32 Å². The van der Waals surface area contributed by atoms with Gasteiger partial charge in [0.2, 0.25) is 15.9 Å². The van der Waals surface area contributed by atoms with Gasteiger partial charge in [0.25, 0.3) is 0 Å². The van der Waals surface area contributed by atoms with Crippen molar-refractivity contribution >= 4 is 40.0 Å². The first-order valence-corrected chi connectivity index (χ1v) is 10.2. The van der Waals surface area contributed by atoms with Crippen molar-refractivity contribution in [3.63, 3.8) is 0 Å². The largest absolute Gasteiger partial charge is 0.480 e. The number of benzene rings is 1. The number of hydrogen-bond acceptors (Lipinski definition) is 5. The summed E-state index contributed by atoms with van der Waals surface area (Å²) in [5.41, 5.74) is 0.390. The molecule has 0 aromatic heterocycles. The van der Waals surface area contributed by atoms with Gasteiger partial charge in [0, 0.05) is 18.8 Å². The highest BCUT2D eigenvalue weighted by molar-refractivity contribution is 7.89. The van der Waals surface area contributed by atoms with Crippen LogP contribution in [0.5, 0.6) is 0 Å². The van der Waals surface area contributed by atoms with E-state index in [0.717, 1.165) is 19.3 Å². The zero-order chi connectivity index (χ0) is 18.7. The van der Waals surface area contributed by atoms with Crippen LogP contribution in [-0.2, 0) is 19.6 Å². The molecule has 2 heterocycles. The molecule has 3 rings (SSSR count). The molecule has 1 atom stereocenters. The third kappa shape index (κ3) is 4.98. The van der Waals surface area contributed by atoms with Crippen LogP contribution in [-0.4, -0.2) is 66.8 Å². The molecule has 2 N–H and O–H groups in total. The number of anilines is 1. The highest BCUT2D eigenvalue weighted by Gasteiger charge is 2.32. The molecule has 2 saturated heterocycles. The monoisotopic (exact) mass is 417 g/mol. The van der Waals surface area contributed by atoms with Gasteiger partial charge >= 0.3 is 5.97 Å². The SMILES string of the molecule is Cl.O=C(CN1CCC[C@H]1C(=O)O)Nc1cccc(S(=O)(=O)N2CCCC2)c1. The Bertz CT molecular complexity index is 796. The van der Waals surface area contributed by atoms with Crippen LogP contribution in [0.25, 0.3) is 0 Å². The van der Waals surface area contributed by atoms with Gasteiger partial charge in [-0.2, -0.15) is 4.31 Å². The van der Waals surface area contributed by atoms with E-state index in [4.69, 9.17) is 0 Å². The number of nitrogens with zero attached hydrogens (tertiary/aromatic N) is 2. The molecule has 0 bridgehead atoms. The molecule has 10 heteroatoms. The Morgan fingerprint density at radius 2 is 1.85 bits per heavy atom. The lowest BCUT2D eigenvalue weighted by Crippen LogP contribution is -2.40. The van der Waals surface area contributed by atoms with Crippen molar-refractivity contribution in [1.82, 2.24) is 9.21 Å². The van der Waals surface area contributed by atoms with E-state index in [0.29, 0.717) is 31.7 Å². The quantitative estimate of drug-likeness (QED) is 0.724. The number of likely N-dealkylation sites (tertiary alicyclic amines) is 1. The van der Waals surface area contributed by atoms with Crippen LogP contribution >= 0.6 is 12.4 Å². The van der Waals surface area contributed by atoms with E-state index in [2.05, 4.69) is 5.32 Å². The standard InChI is InChI=1S/C17H23N3O5S.ClH/c21-16(12-19-8-4-7-15(19)17(22)23)18-13-5-3-6-14(11-13)26(24,25)20-9-1-2-10-20;/h3,5-6,11,15H,1-2,4,7-10,12H2,(H,18,21)(H,22,23);1H/t15-;/m0./s1. The Morgan fingerprint density at radius 1 is 1.15 bits per heavy atom. The first kappa shape index (κ1) is 21.6. The predicted molar refractivity (Wildman–Crippen MR) is 103 cm³/mol. The summed E-state index contributed by atoms with van der Waals surface area (Å²) in [5.74, 6) is -1.28. The number of carboxylic acids is 1. The topological polar surface area (TPSA) is 107 Å². The number of carboxylic acid groups (broad SMARTS) is 1. The Morgan fingerprint density at radius 3 is 2.52 bits per heavy atom. The van der Waals surface area contributed by atoms with Gasteiger partial charge in [-0.1, -0.05) is 6.07 Å². The fraction of sp³-hybridized carbons (Fsp3) is 0.529. The molecule has 1 aromatic carbocycles. The van der Waals surface area contributed by atoms with Gasteiger partial charge in [0.1, 0.15) is 6.04 Å². The van der Waals surface area contributed by atoms with Crippen LogP contribution in [0.1, 0.15) is 25.7 Å². The minimum Gasteiger partial charge on any atom is -0.480 e. The zero-order valence-corrected chi connectivity index (χ0v) is 16.5. The van der Waals surface area contributed by atoms with Gasteiger partial charge in [0.15, 0.2) is 0 Å². The molecule has 2 fully saturated rings. The van der Waals surface area contributed by atoms with Crippen molar-refractivity contribution in [1.29, 1.82) is 0 Å². The summed E-state index contributed by atoms with van der Waals surface area (Å²) in [7, 11) is -3.55. The van der Waals surface area contributed by atoms with E-state index in [1.807, 2.05) is 0 Å². The number of aliphatic carboxylic acids is 1. The fourth-order valence-electron chi connectivity index (χ4n) is 3.49. The number of carbonyl (C=O) groups is 2. The molecule has 2 aliphatic heterocycles. The molecule has 0 aliphatic carbocycles. The van der Waals surface area contributed by atoms with Gasteiger partial charge in [-0.15, -0.1) is 12.4 Å². The summed E-state index contributed by atoms with van der Waals surface area (Å²) < 4.78 is 26.7. The Kier molecular flexibility index (Phi) is 7.21. The maximum Gasteiger partial charge on any atom is 0.320 e. The number of sulfonamides is 1. The van der Waals surface area contributed by atoms with Crippen LogP contribution in [0.15, 0.2) is 29.2 Å². The highest BCUT2D eigenvalue weighted by atomic mass is 35.5. The molecule has 0 unspecified atom stereocenters. The van der Waals surface area contributed by atoms with Crippen LogP contribution in [0.4, 0.5) is 5.69 Å². The highest BCUT2D eigenvalue weighted by Crippen LogP contribution is 2.23. The van der Waals surface area contributed by atoms with Crippen molar-refractivity contribution in [2.24, 2.45) is 0 Å². The van der Waals surface area contributed by atoms with Gasteiger partial charge in [0.05, 0.1) is 11.4 Å². The third-order valence-corrected chi connectivity index (χ3v) is 6.71. The maximum atomic E-state index is 12.6. The van der Waals surface area contributed by atoms with E-state index < -0.39 is 22.0 Å². The molecule has 0 radical (unpaired) electrons.